The molecule has 1 aromatic rings. The number of pyridine rings is 1. The van der Waals surface area contributed by atoms with Gasteiger partial charge in [-0.25, -0.2) is 0 Å². The first kappa shape index (κ1) is 11.7. The second-order valence-electron chi connectivity index (χ2n) is 4.03. The first-order valence-electron chi connectivity index (χ1n) is 5.18. The number of fused-ring (bicyclic) bond motifs is 1. The molecule has 1 heterocycles. The van der Waals surface area contributed by atoms with Crippen LogP contribution in [0.3, 0.4) is 0 Å². The normalized spacial score (nSPS) is 22.6. The first-order chi connectivity index (χ1) is 7.50. The molecule has 1 aliphatic rings. The maximum absolute atomic E-state index is 12.9. The van der Waals surface area contributed by atoms with E-state index < -0.39 is 17.4 Å². The van der Waals surface area contributed by atoms with Crippen molar-refractivity contribution in [3.05, 3.63) is 29.6 Å². The molecule has 0 saturated carbocycles. The molecule has 2 unspecified atom stereocenters. The van der Waals surface area contributed by atoms with Crippen LogP contribution in [-0.2, 0) is 6.42 Å². The van der Waals surface area contributed by atoms with E-state index in [4.69, 9.17) is 11.6 Å². The number of halogens is 3. The fourth-order valence-electron chi connectivity index (χ4n) is 2.18. The van der Waals surface area contributed by atoms with Crippen LogP contribution in [0.2, 0.25) is 0 Å². The van der Waals surface area contributed by atoms with Gasteiger partial charge in [0.05, 0.1) is 0 Å². The van der Waals surface area contributed by atoms with E-state index >= 15 is 0 Å². The summed E-state index contributed by atoms with van der Waals surface area (Å²) >= 11 is 4.87. The summed E-state index contributed by atoms with van der Waals surface area (Å²) in [6.07, 6.45) is 1.76. The highest BCUT2D eigenvalue weighted by Gasteiger charge is 2.43. The van der Waals surface area contributed by atoms with E-state index in [1.165, 1.54) is 0 Å². The molecule has 2 rings (SSSR count). The number of alkyl halides is 3. The second kappa shape index (κ2) is 4.26. The van der Waals surface area contributed by atoms with Gasteiger partial charge in [0.1, 0.15) is 6.10 Å². The molecule has 16 heavy (non-hydrogen) atoms. The van der Waals surface area contributed by atoms with E-state index in [1.54, 1.807) is 12.3 Å². The lowest BCUT2D eigenvalue weighted by atomic mass is 9.83. The standard InChI is InChI=1S/C11H12ClF2NO/c12-11(13,14)10(16)8-5-1-3-7-4-2-6-15-9(7)8/h2,4,6,8,10,16H,1,3,5H2. The summed E-state index contributed by atoms with van der Waals surface area (Å²) < 4.78 is 25.8. The van der Waals surface area contributed by atoms with Crippen molar-refractivity contribution in [2.45, 2.75) is 36.7 Å². The van der Waals surface area contributed by atoms with Gasteiger partial charge in [-0.15, -0.1) is 0 Å². The number of aromatic nitrogens is 1. The van der Waals surface area contributed by atoms with Crippen LogP contribution in [0.25, 0.3) is 0 Å². The Morgan fingerprint density at radius 3 is 3.00 bits per heavy atom. The molecule has 5 heteroatoms. The van der Waals surface area contributed by atoms with Gasteiger partial charge in [0, 0.05) is 17.8 Å². The van der Waals surface area contributed by atoms with E-state index in [-0.39, 0.29) is 0 Å². The zero-order chi connectivity index (χ0) is 11.8. The Morgan fingerprint density at radius 2 is 2.31 bits per heavy atom. The zero-order valence-corrected chi connectivity index (χ0v) is 9.29. The van der Waals surface area contributed by atoms with E-state index in [1.807, 2.05) is 6.07 Å². The third kappa shape index (κ3) is 2.18. The van der Waals surface area contributed by atoms with Gasteiger partial charge in [-0.3, -0.25) is 4.98 Å². The van der Waals surface area contributed by atoms with Gasteiger partial charge in [-0.2, -0.15) is 8.78 Å². The van der Waals surface area contributed by atoms with Crippen molar-refractivity contribution in [1.29, 1.82) is 0 Å². The average molecular weight is 248 g/mol. The lowest BCUT2D eigenvalue weighted by Crippen LogP contribution is -2.35. The van der Waals surface area contributed by atoms with Crippen molar-refractivity contribution in [3.63, 3.8) is 0 Å². The fraction of sp³-hybridized carbons (Fsp3) is 0.545. The molecule has 88 valence electrons. The Hall–Kier alpha value is -0.740. The van der Waals surface area contributed by atoms with Crippen molar-refractivity contribution in [2.24, 2.45) is 0 Å². The maximum atomic E-state index is 12.9. The monoisotopic (exact) mass is 247 g/mol. The first-order valence-corrected chi connectivity index (χ1v) is 5.56. The molecule has 1 N–H and O–H groups in total. The predicted molar refractivity (Wildman–Crippen MR) is 56.7 cm³/mol. The fourth-order valence-corrected chi connectivity index (χ4v) is 2.33. The Balaban J connectivity index is 2.32. The van der Waals surface area contributed by atoms with Gasteiger partial charge < -0.3 is 5.11 Å². The molecular weight excluding hydrogens is 236 g/mol. The highest BCUT2D eigenvalue weighted by atomic mass is 35.5. The molecule has 0 radical (unpaired) electrons. The van der Waals surface area contributed by atoms with Crippen molar-refractivity contribution in [3.8, 4) is 0 Å². The third-order valence-electron chi connectivity index (χ3n) is 2.96. The molecule has 1 aliphatic carbocycles. The zero-order valence-electron chi connectivity index (χ0n) is 8.54. The summed E-state index contributed by atoms with van der Waals surface area (Å²) in [5, 5.41) is 5.93. The highest BCUT2D eigenvalue weighted by Crippen LogP contribution is 2.39. The Labute approximate surface area is 97.3 Å². The maximum Gasteiger partial charge on any atom is 0.347 e. The molecule has 0 aromatic carbocycles. The molecule has 2 atom stereocenters. The van der Waals surface area contributed by atoms with Crippen LogP contribution < -0.4 is 0 Å². The molecule has 2 nitrogen and oxygen atoms in total. The molecule has 0 amide bonds. The number of aryl methyl sites for hydroxylation is 1. The summed E-state index contributed by atoms with van der Waals surface area (Å²) in [6, 6.07) is 3.63. The molecule has 0 bridgehead atoms. The summed E-state index contributed by atoms with van der Waals surface area (Å²) in [5.41, 5.74) is 1.49. The summed E-state index contributed by atoms with van der Waals surface area (Å²) in [5.74, 6) is -0.669. The minimum absolute atomic E-state index is 0.494. The minimum Gasteiger partial charge on any atom is -0.385 e. The number of hydrogen-bond acceptors (Lipinski definition) is 2. The summed E-state index contributed by atoms with van der Waals surface area (Å²) in [4.78, 5) is 4.08. The smallest absolute Gasteiger partial charge is 0.347 e. The van der Waals surface area contributed by atoms with Crippen molar-refractivity contribution in [1.82, 2.24) is 4.98 Å². The van der Waals surface area contributed by atoms with E-state index in [0.29, 0.717) is 12.1 Å². The predicted octanol–water partition coefficient (Wildman–Crippen LogP) is 2.69. The molecule has 0 aliphatic heterocycles. The quantitative estimate of drug-likeness (QED) is 0.815. The Morgan fingerprint density at radius 1 is 1.56 bits per heavy atom. The van der Waals surface area contributed by atoms with Crippen LogP contribution in [0.15, 0.2) is 18.3 Å². The van der Waals surface area contributed by atoms with Crippen LogP contribution >= 0.6 is 11.6 Å². The van der Waals surface area contributed by atoms with Crippen molar-refractivity contribution in [2.75, 3.05) is 0 Å². The minimum atomic E-state index is -3.60. The van der Waals surface area contributed by atoms with Gasteiger partial charge in [-0.1, -0.05) is 6.07 Å². The SMILES string of the molecule is OC(C1CCCc2cccnc21)C(F)(F)Cl. The summed E-state index contributed by atoms with van der Waals surface area (Å²) in [7, 11) is 0. The van der Waals surface area contributed by atoms with E-state index in [9.17, 15) is 13.9 Å². The van der Waals surface area contributed by atoms with Crippen LogP contribution in [0, 0.1) is 0 Å². The Kier molecular flexibility index (Phi) is 3.13. The molecule has 1 aromatic heterocycles. The van der Waals surface area contributed by atoms with Crippen molar-refractivity contribution >= 4 is 11.6 Å². The van der Waals surface area contributed by atoms with E-state index in [0.717, 1.165) is 18.4 Å². The second-order valence-corrected chi connectivity index (χ2v) is 4.54. The number of hydrogen-bond donors (Lipinski definition) is 1. The van der Waals surface area contributed by atoms with Crippen LogP contribution in [0.5, 0.6) is 0 Å². The van der Waals surface area contributed by atoms with Gasteiger partial charge >= 0.3 is 5.38 Å². The van der Waals surface area contributed by atoms with Crippen LogP contribution in [-0.4, -0.2) is 21.6 Å². The molecular formula is C11H12ClF2NO. The number of aliphatic hydroxyl groups is 1. The van der Waals surface area contributed by atoms with Crippen LogP contribution in [0.4, 0.5) is 8.78 Å². The molecule has 0 fully saturated rings. The number of aliphatic hydroxyl groups excluding tert-OH is 1. The van der Waals surface area contributed by atoms with Gasteiger partial charge in [0.25, 0.3) is 0 Å². The Bertz CT molecular complexity index is 380. The van der Waals surface area contributed by atoms with E-state index in [2.05, 4.69) is 4.98 Å². The number of rotatable bonds is 2. The van der Waals surface area contributed by atoms with Gasteiger partial charge in [-0.05, 0) is 42.5 Å². The average Bonchev–Trinajstić information content (AvgIpc) is 2.26. The number of nitrogens with zero attached hydrogens (tertiary/aromatic N) is 1. The largest absolute Gasteiger partial charge is 0.385 e. The third-order valence-corrected chi connectivity index (χ3v) is 3.18. The van der Waals surface area contributed by atoms with Gasteiger partial charge in [0.15, 0.2) is 0 Å². The lowest BCUT2D eigenvalue weighted by Gasteiger charge is -2.30. The molecule has 0 spiro atoms. The highest BCUT2D eigenvalue weighted by molar-refractivity contribution is 6.22. The van der Waals surface area contributed by atoms with Crippen molar-refractivity contribution < 1.29 is 13.9 Å². The summed E-state index contributed by atoms with van der Waals surface area (Å²) in [6.45, 7) is 0. The van der Waals surface area contributed by atoms with Crippen LogP contribution in [0.1, 0.15) is 30.0 Å². The lowest BCUT2D eigenvalue weighted by molar-refractivity contribution is -0.0575. The molecule has 0 saturated heterocycles. The van der Waals surface area contributed by atoms with Gasteiger partial charge in [0.2, 0.25) is 0 Å². The topological polar surface area (TPSA) is 33.1 Å².